The van der Waals surface area contributed by atoms with Crippen molar-refractivity contribution in [2.24, 2.45) is 23.7 Å². The Balaban J connectivity index is 1.23. The molecule has 0 aliphatic heterocycles. The van der Waals surface area contributed by atoms with Crippen LogP contribution in [-0.4, -0.2) is 18.5 Å². The molecule has 0 saturated heterocycles. The van der Waals surface area contributed by atoms with Gasteiger partial charge in [-0.3, -0.25) is 4.79 Å². The van der Waals surface area contributed by atoms with Crippen LogP contribution >= 0.6 is 0 Å². The van der Waals surface area contributed by atoms with E-state index in [1.165, 1.54) is 32.1 Å². The number of hydrogen-bond acceptors (Lipinski definition) is 1. The Morgan fingerprint density at radius 1 is 0.852 bits per heavy atom. The lowest BCUT2D eigenvalue weighted by Gasteiger charge is -2.52. The molecule has 0 heterocycles. The Hall–Kier alpha value is -2.13. The van der Waals surface area contributed by atoms with Gasteiger partial charge in [-0.1, -0.05) is 48.5 Å². The molecule has 140 valence electrons. The molecular formula is C24H29N2O+. The smallest absolute Gasteiger partial charge is 0.279 e. The maximum atomic E-state index is 12.7. The second-order valence-electron chi connectivity index (χ2n) is 8.91. The van der Waals surface area contributed by atoms with E-state index in [-0.39, 0.29) is 5.91 Å². The molecular weight excluding hydrogens is 332 g/mol. The lowest BCUT2D eigenvalue weighted by atomic mass is 9.54. The highest BCUT2D eigenvalue weighted by Crippen LogP contribution is 2.52. The fourth-order valence-electron chi connectivity index (χ4n) is 6.26. The molecule has 2 aromatic carbocycles. The third kappa shape index (κ3) is 3.41. The van der Waals surface area contributed by atoms with E-state index in [1.54, 1.807) is 0 Å². The summed E-state index contributed by atoms with van der Waals surface area (Å²) in [5.41, 5.74) is 3.13. The first kappa shape index (κ1) is 17.0. The first-order valence-corrected chi connectivity index (χ1v) is 10.5. The number of hydrogen-bond donors (Lipinski definition) is 2. The van der Waals surface area contributed by atoms with Crippen LogP contribution in [0, 0.1) is 23.7 Å². The van der Waals surface area contributed by atoms with Gasteiger partial charge in [0.2, 0.25) is 0 Å². The molecule has 4 saturated carbocycles. The average Bonchev–Trinajstić information content (AvgIpc) is 2.68. The van der Waals surface area contributed by atoms with Crippen molar-refractivity contribution in [3.8, 4) is 11.1 Å². The van der Waals surface area contributed by atoms with Crippen molar-refractivity contribution in [2.75, 3.05) is 11.9 Å². The lowest BCUT2D eigenvalue weighted by molar-refractivity contribution is -0.699. The second kappa shape index (κ2) is 7.12. The summed E-state index contributed by atoms with van der Waals surface area (Å²) in [6.45, 7) is 0.538. The molecule has 2 aromatic rings. The number of nitrogens with two attached hydrogens (primary N) is 1. The van der Waals surface area contributed by atoms with Crippen molar-refractivity contribution in [3.05, 3.63) is 54.6 Å². The molecule has 6 rings (SSSR count). The van der Waals surface area contributed by atoms with Crippen molar-refractivity contribution in [2.45, 2.75) is 38.1 Å². The molecule has 3 N–H and O–H groups in total. The van der Waals surface area contributed by atoms with E-state index >= 15 is 0 Å². The molecule has 3 heteroatoms. The van der Waals surface area contributed by atoms with Crippen LogP contribution in [0.3, 0.4) is 0 Å². The molecule has 0 unspecified atom stereocenters. The molecule has 0 spiro atoms. The molecule has 4 fully saturated rings. The third-order valence-electron chi connectivity index (χ3n) is 7.16. The van der Waals surface area contributed by atoms with Gasteiger partial charge in [0.25, 0.3) is 5.91 Å². The Bertz CT molecular complexity index is 788. The summed E-state index contributed by atoms with van der Waals surface area (Å²) in [7, 11) is 0. The SMILES string of the molecule is O=C(C[NH2+]C1C2CC3CC(C2)CC1C3)Nc1ccccc1-c1ccccc1. The van der Waals surface area contributed by atoms with E-state index in [2.05, 4.69) is 28.8 Å². The fraction of sp³-hybridized carbons (Fsp3) is 0.458. The topological polar surface area (TPSA) is 45.7 Å². The number of carbonyl (C=O) groups is 1. The van der Waals surface area contributed by atoms with Gasteiger partial charge in [0.15, 0.2) is 6.54 Å². The first-order chi connectivity index (χ1) is 13.3. The van der Waals surface area contributed by atoms with Gasteiger partial charge in [-0.2, -0.15) is 0 Å². The number of benzene rings is 2. The van der Waals surface area contributed by atoms with Crippen LogP contribution in [0.2, 0.25) is 0 Å². The van der Waals surface area contributed by atoms with Crippen molar-refractivity contribution in [1.82, 2.24) is 0 Å². The van der Waals surface area contributed by atoms with E-state index < -0.39 is 0 Å². The number of anilines is 1. The number of rotatable bonds is 5. The average molecular weight is 362 g/mol. The van der Waals surface area contributed by atoms with Gasteiger partial charge in [0.1, 0.15) is 0 Å². The summed E-state index contributed by atoms with van der Waals surface area (Å²) in [5.74, 6) is 3.80. The molecule has 27 heavy (non-hydrogen) atoms. The number of carbonyl (C=O) groups excluding carboxylic acids is 1. The van der Waals surface area contributed by atoms with Crippen LogP contribution in [-0.2, 0) is 4.79 Å². The van der Waals surface area contributed by atoms with Gasteiger partial charge in [-0.05, 0) is 55.6 Å². The monoisotopic (exact) mass is 361 g/mol. The minimum atomic E-state index is 0.118. The summed E-state index contributed by atoms with van der Waals surface area (Å²) < 4.78 is 0. The minimum absolute atomic E-state index is 0.118. The zero-order valence-electron chi connectivity index (χ0n) is 15.8. The number of amides is 1. The Kier molecular flexibility index (Phi) is 4.48. The quantitative estimate of drug-likeness (QED) is 0.838. The van der Waals surface area contributed by atoms with Crippen molar-refractivity contribution in [1.29, 1.82) is 0 Å². The molecule has 1 amide bonds. The molecule has 0 aromatic heterocycles. The maximum Gasteiger partial charge on any atom is 0.279 e. The van der Waals surface area contributed by atoms with E-state index in [1.807, 2.05) is 36.4 Å². The molecule has 4 aliphatic rings. The largest absolute Gasteiger partial charge is 0.336 e. The van der Waals surface area contributed by atoms with Gasteiger partial charge in [0.05, 0.1) is 6.04 Å². The van der Waals surface area contributed by atoms with Crippen molar-refractivity contribution in [3.63, 3.8) is 0 Å². The second-order valence-corrected chi connectivity index (χ2v) is 8.91. The molecule has 0 atom stereocenters. The Morgan fingerprint density at radius 2 is 1.48 bits per heavy atom. The fourth-order valence-corrected chi connectivity index (χ4v) is 6.26. The minimum Gasteiger partial charge on any atom is -0.336 e. The lowest BCUT2D eigenvalue weighted by Crippen LogP contribution is -2.95. The molecule has 4 aliphatic carbocycles. The van der Waals surface area contributed by atoms with Crippen molar-refractivity contribution >= 4 is 11.6 Å². The van der Waals surface area contributed by atoms with E-state index in [0.29, 0.717) is 12.6 Å². The van der Waals surface area contributed by atoms with Gasteiger partial charge in [-0.15, -0.1) is 0 Å². The predicted molar refractivity (Wildman–Crippen MR) is 108 cm³/mol. The van der Waals surface area contributed by atoms with Crippen LogP contribution in [0.5, 0.6) is 0 Å². The van der Waals surface area contributed by atoms with Crippen LogP contribution in [0.15, 0.2) is 54.6 Å². The summed E-state index contributed by atoms with van der Waals surface area (Å²) in [6, 6.07) is 19.0. The molecule has 3 nitrogen and oxygen atoms in total. The van der Waals surface area contributed by atoms with Crippen LogP contribution in [0.1, 0.15) is 32.1 Å². The Labute approximate surface area is 161 Å². The first-order valence-electron chi connectivity index (χ1n) is 10.5. The predicted octanol–water partition coefficient (Wildman–Crippen LogP) is 3.68. The normalized spacial score (nSPS) is 31.0. The number of nitrogens with one attached hydrogen (secondary N) is 1. The zero-order chi connectivity index (χ0) is 18.2. The van der Waals surface area contributed by atoms with Crippen LogP contribution in [0.25, 0.3) is 11.1 Å². The third-order valence-corrected chi connectivity index (χ3v) is 7.16. The highest BCUT2D eigenvalue weighted by Gasteiger charge is 2.50. The maximum absolute atomic E-state index is 12.7. The highest BCUT2D eigenvalue weighted by molar-refractivity contribution is 5.95. The van der Waals surface area contributed by atoms with Crippen LogP contribution in [0.4, 0.5) is 5.69 Å². The summed E-state index contributed by atoms with van der Waals surface area (Å²) in [6.07, 6.45) is 7.12. The molecule has 0 radical (unpaired) electrons. The zero-order valence-corrected chi connectivity index (χ0v) is 15.8. The number of para-hydroxylation sites is 1. The summed E-state index contributed by atoms with van der Waals surface area (Å²) in [4.78, 5) is 12.7. The summed E-state index contributed by atoms with van der Waals surface area (Å²) in [5, 5.41) is 5.52. The highest BCUT2D eigenvalue weighted by atomic mass is 16.1. The van der Waals surface area contributed by atoms with Gasteiger partial charge in [-0.25, -0.2) is 0 Å². The van der Waals surface area contributed by atoms with Gasteiger partial charge in [0, 0.05) is 23.1 Å². The summed E-state index contributed by atoms with van der Waals surface area (Å²) >= 11 is 0. The molecule has 4 bridgehead atoms. The van der Waals surface area contributed by atoms with Crippen molar-refractivity contribution < 1.29 is 10.1 Å². The van der Waals surface area contributed by atoms with Gasteiger partial charge >= 0.3 is 0 Å². The standard InChI is InChI=1S/C24H28N2O/c27-23(15-25-24-19-11-16-10-17(13-19)14-20(24)12-16)26-22-9-5-4-8-21(22)18-6-2-1-3-7-18/h1-9,16-17,19-20,24-25H,10-15H2,(H,26,27)/p+1. The number of quaternary nitrogens is 1. The van der Waals surface area contributed by atoms with Crippen LogP contribution < -0.4 is 10.6 Å². The Morgan fingerprint density at radius 3 is 2.19 bits per heavy atom. The van der Waals surface area contributed by atoms with E-state index in [4.69, 9.17) is 0 Å². The van der Waals surface area contributed by atoms with Gasteiger partial charge < -0.3 is 10.6 Å². The van der Waals surface area contributed by atoms with E-state index in [9.17, 15) is 4.79 Å². The van der Waals surface area contributed by atoms with E-state index in [0.717, 1.165) is 40.5 Å².